The maximum absolute atomic E-state index is 11.8. The van der Waals surface area contributed by atoms with Crippen molar-refractivity contribution in [2.24, 2.45) is 5.73 Å². The number of carbonyl (C=O) groups is 2. The number of hydrogen-bond donors (Lipinski definition) is 3. The number of primary amides is 1. The fourth-order valence-electron chi connectivity index (χ4n) is 1.42. The Bertz CT molecular complexity index is 415. The van der Waals surface area contributed by atoms with Gasteiger partial charge in [-0.1, -0.05) is 6.92 Å². The Morgan fingerprint density at radius 3 is 2.39 bits per heavy atom. The highest BCUT2D eigenvalue weighted by molar-refractivity contribution is 5.96. The van der Waals surface area contributed by atoms with E-state index in [1.54, 1.807) is 24.3 Å². The topological polar surface area (TPSA) is 84.2 Å². The summed E-state index contributed by atoms with van der Waals surface area (Å²) in [7, 11) is 0. The maximum Gasteiger partial charge on any atom is 0.248 e. The average molecular weight is 249 g/mol. The van der Waals surface area contributed by atoms with Crippen molar-refractivity contribution in [2.45, 2.75) is 26.3 Å². The number of anilines is 1. The summed E-state index contributed by atoms with van der Waals surface area (Å²) < 4.78 is 0. The van der Waals surface area contributed by atoms with Gasteiger partial charge >= 0.3 is 0 Å². The highest BCUT2D eigenvalue weighted by Gasteiger charge is 2.11. The molecule has 1 aromatic carbocycles. The SMILES string of the molecule is CCCNC(C)C(=O)Nc1ccc(C(N)=O)cc1. The summed E-state index contributed by atoms with van der Waals surface area (Å²) in [5.41, 5.74) is 6.20. The molecule has 0 radical (unpaired) electrons. The van der Waals surface area contributed by atoms with E-state index >= 15 is 0 Å². The van der Waals surface area contributed by atoms with E-state index in [4.69, 9.17) is 5.73 Å². The molecule has 0 fully saturated rings. The van der Waals surface area contributed by atoms with E-state index in [2.05, 4.69) is 10.6 Å². The second kappa shape index (κ2) is 6.76. The fraction of sp³-hybridized carbons (Fsp3) is 0.385. The maximum atomic E-state index is 11.8. The van der Waals surface area contributed by atoms with Crippen LogP contribution in [0.4, 0.5) is 5.69 Å². The monoisotopic (exact) mass is 249 g/mol. The van der Waals surface area contributed by atoms with Crippen LogP contribution in [0.5, 0.6) is 0 Å². The zero-order chi connectivity index (χ0) is 13.5. The highest BCUT2D eigenvalue weighted by atomic mass is 16.2. The van der Waals surface area contributed by atoms with Gasteiger partial charge in [-0.25, -0.2) is 0 Å². The molecule has 2 amide bonds. The lowest BCUT2D eigenvalue weighted by molar-refractivity contribution is -0.117. The molecule has 0 heterocycles. The van der Waals surface area contributed by atoms with Crippen LogP contribution in [-0.2, 0) is 4.79 Å². The summed E-state index contributed by atoms with van der Waals surface area (Å²) >= 11 is 0. The summed E-state index contributed by atoms with van der Waals surface area (Å²) in [5, 5.41) is 5.86. The Hall–Kier alpha value is -1.88. The summed E-state index contributed by atoms with van der Waals surface area (Å²) in [6, 6.07) is 6.24. The van der Waals surface area contributed by atoms with Crippen molar-refractivity contribution in [1.29, 1.82) is 0 Å². The lowest BCUT2D eigenvalue weighted by atomic mass is 10.2. The highest BCUT2D eigenvalue weighted by Crippen LogP contribution is 2.09. The Balaban J connectivity index is 2.56. The Morgan fingerprint density at radius 1 is 1.28 bits per heavy atom. The molecule has 0 bridgehead atoms. The summed E-state index contributed by atoms with van der Waals surface area (Å²) in [5.74, 6) is -0.582. The van der Waals surface area contributed by atoms with Crippen LogP contribution in [0.15, 0.2) is 24.3 Å². The largest absolute Gasteiger partial charge is 0.366 e. The molecule has 1 unspecified atom stereocenters. The standard InChI is InChI=1S/C13H19N3O2/c1-3-8-15-9(2)13(18)16-11-6-4-10(5-7-11)12(14)17/h4-7,9,15H,3,8H2,1-2H3,(H2,14,17)(H,16,18). The first-order chi connectivity index (χ1) is 8.54. The van der Waals surface area contributed by atoms with Crippen LogP contribution in [0.1, 0.15) is 30.6 Å². The van der Waals surface area contributed by atoms with Gasteiger partial charge < -0.3 is 16.4 Å². The van der Waals surface area contributed by atoms with Crippen LogP contribution in [0.25, 0.3) is 0 Å². The smallest absolute Gasteiger partial charge is 0.248 e. The van der Waals surface area contributed by atoms with Crippen LogP contribution in [0.3, 0.4) is 0 Å². The molecule has 1 aromatic rings. The van der Waals surface area contributed by atoms with E-state index in [1.807, 2.05) is 13.8 Å². The van der Waals surface area contributed by atoms with Crippen LogP contribution < -0.4 is 16.4 Å². The van der Waals surface area contributed by atoms with E-state index in [9.17, 15) is 9.59 Å². The second-order valence-electron chi connectivity index (χ2n) is 4.11. The van der Waals surface area contributed by atoms with Gasteiger partial charge in [0.25, 0.3) is 0 Å². The molecule has 1 rings (SSSR count). The minimum absolute atomic E-state index is 0.102. The number of nitrogens with one attached hydrogen (secondary N) is 2. The number of rotatable bonds is 6. The molecule has 4 N–H and O–H groups in total. The van der Waals surface area contributed by atoms with Crippen LogP contribution in [-0.4, -0.2) is 24.4 Å². The van der Waals surface area contributed by atoms with Crippen molar-refractivity contribution >= 4 is 17.5 Å². The molecule has 0 spiro atoms. The molecule has 0 saturated heterocycles. The van der Waals surface area contributed by atoms with E-state index in [0.29, 0.717) is 11.3 Å². The Kier molecular flexibility index (Phi) is 5.32. The number of hydrogen-bond acceptors (Lipinski definition) is 3. The van der Waals surface area contributed by atoms with Gasteiger partial charge in [-0.05, 0) is 44.2 Å². The number of amides is 2. The molecule has 0 aliphatic heterocycles. The Morgan fingerprint density at radius 2 is 1.89 bits per heavy atom. The Labute approximate surface area is 107 Å². The number of nitrogens with two attached hydrogens (primary N) is 1. The third kappa shape index (κ3) is 4.18. The third-order valence-corrected chi connectivity index (χ3v) is 2.53. The van der Waals surface area contributed by atoms with Gasteiger partial charge in [0, 0.05) is 11.3 Å². The average Bonchev–Trinajstić information content (AvgIpc) is 2.36. The van der Waals surface area contributed by atoms with Crippen molar-refractivity contribution in [3.8, 4) is 0 Å². The van der Waals surface area contributed by atoms with Gasteiger partial charge in [-0.15, -0.1) is 0 Å². The second-order valence-corrected chi connectivity index (χ2v) is 4.11. The lowest BCUT2D eigenvalue weighted by Crippen LogP contribution is -2.38. The van der Waals surface area contributed by atoms with Crippen LogP contribution >= 0.6 is 0 Å². The fourth-order valence-corrected chi connectivity index (χ4v) is 1.42. The number of benzene rings is 1. The van der Waals surface area contributed by atoms with Crippen LogP contribution in [0.2, 0.25) is 0 Å². The van der Waals surface area contributed by atoms with Crippen LogP contribution in [0, 0.1) is 0 Å². The third-order valence-electron chi connectivity index (χ3n) is 2.53. The van der Waals surface area contributed by atoms with Gasteiger partial charge in [-0.2, -0.15) is 0 Å². The molecular weight excluding hydrogens is 230 g/mol. The minimum atomic E-state index is -0.481. The molecule has 1 atom stereocenters. The lowest BCUT2D eigenvalue weighted by Gasteiger charge is -2.13. The zero-order valence-electron chi connectivity index (χ0n) is 10.7. The summed E-state index contributed by atoms with van der Waals surface area (Å²) in [6.07, 6.45) is 0.977. The predicted octanol–water partition coefficient (Wildman–Crippen LogP) is 1.11. The minimum Gasteiger partial charge on any atom is -0.366 e. The van der Waals surface area contributed by atoms with Gasteiger partial charge in [0.1, 0.15) is 0 Å². The normalized spacial score (nSPS) is 11.9. The summed E-state index contributed by atoms with van der Waals surface area (Å²) in [4.78, 5) is 22.7. The van der Waals surface area contributed by atoms with Crippen molar-refractivity contribution < 1.29 is 9.59 Å². The van der Waals surface area contributed by atoms with E-state index in [0.717, 1.165) is 13.0 Å². The number of carbonyl (C=O) groups excluding carboxylic acids is 2. The predicted molar refractivity (Wildman–Crippen MR) is 71.3 cm³/mol. The van der Waals surface area contributed by atoms with Crippen molar-refractivity contribution in [3.63, 3.8) is 0 Å². The zero-order valence-corrected chi connectivity index (χ0v) is 10.7. The molecule has 5 heteroatoms. The van der Waals surface area contributed by atoms with E-state index < -0.39 is 5.91 Å². The first-order valence-corrected chi connectivity index (χ1v) is 5.98. The van der Waals surface area contributed by atoms with Gasteiger partial charge in [0.05, 0.1) is 6.04 Å². The van der Waals surface area contributed by atoms with Crippen molar-refractivity contribution in [2.75, 3.05) is 11.9 Å². The van der Waals surface area contributed by atoms with Gasteiger partial charge in [-0.3, -0.25) is 9.59 Å². The molecule has 0 saturated carbocycles. The molecule has 0 aromatic heterocycles. The molecule has 0 aliphatic rings. The van der Waals surface area contributed by atoms with E-state index in [1.165, 1.54) is 0 Å². The van der Waals surface area contributed by atoms with E-state index in [-0.39, 0.29) is 11.9 Å². The molecular formula is C13H19N3O2. The van der Waals surface area contributed by atoms with Gasteiger partial charge in [0.15, 0.2) is 0 Å². The van der Waals surface area contributed by atoms with Crippen molar-refractivity contribution in [1.82, 2.24) is 5.32 Å². The first kappa shape index (κ1) is 14.2. The molecule has 98 valence electrons. The molecule has 5 nitrogen and oxygen atoms in total. The molecule has 0 aliphatic carbocycles. The quantitative estimate of drug-likeness (QED) is 0.706. The van der Waals surface area contributed by atoms with Crippen molar-refractivity contribution in [3.05, 3.63) is 29.8 Å². The first-order valence-electron chi connectivity index (χ1n) is 5.98. The molecule has 18 heavy (non-hydrogen) atoms. The summed E-state index contributed by atoms with van der Waals surface area (Å²) in [6.45, 7) is 4.65. The van der Waals surface area contributed by atoms with Gasteiger partial charge in [0.2, 0.25) is 11.8 Å².